The number of ether oxygens (including phenoxy) is 2. The van der Waals surface area contributed by atoms with Gasteiger partial charge in [-0.1, -0.05) is 12.1 Å². The van der Waals surface area contributed by atoms with Gasteiger partial charge >= 0.3 is 0 Å². The van der Waals surface area contributed by atoms with Crippen molar-refractivity contribution in [3.8, 4) is 11.5 Å². The fourth-order valence-corrected chi connectivity index (χ4v) is 4.74. The summed E-state index contributed by atoms with van der Waals surface area (Å²) in [7, 11) is -2.19. The molecule has 0 aliphatic heterocycles. The van der Waals surface area contributed by atoms with Gasteiger partial charge in [0.25, 0.3) is 21.8 Å². The van der Waals surface area contributed by atoms with Crippen LogP contribution in [0.15, 0.2) is 64.2 Å². The molecular formula is C21H21N3O6S2. The molecule has 2 amide bonds. The second kappa shape index (κ2) is 10.2. The third-order valence-corrected chi connectivity index (χ3v) is 6.99. The monoisotopic (exact) mass is 475 g/mol. The van der Waals surface area contributed by atoms with Crippen LogP contribution < -0.4 is 25.2 Å². The molecule has 0 bridgehead atoms. The number of anilines is 1. The van der Waals surface area contributed by atoms with E-state index in [0.717, 1.165) is 16.9 Å². The predicted molar refractivity (Wildman–Crippen MR) is 120 cm³/mol. The molecule has 0 aliphatic rings. The van der Waals surface area contributed by atoms with E-state index in [4.69, 9.17) is 15.2 Å². The average molecular weight is 476 g/mol. The minimum atomic E-state index is -3.65. The van der Waals surface area contributed by atoms with E-state index in [-0.39, 0.29) is 23.3 Å². The maximum absolute atomic E-state index is 12.4. The van der Waals surface area contributed by atoms with E-state index in [2.05, 4.69) is 10.0 Å². The summed E-state index contributed by atoms with van der Waals surface area (Å²) in [5.74, 6) is -0.165. The number of benzene rings is 2. The van der Waals surface area contributed by atoms with Gasteiger partial charge in [0.15, 0.2) is 18.1 Å². The van der Waals surface area contributed by atoms with E-state index in [0.29, 0.717) is 22.7 Å². The molecule has 11 heteroatoms. The molecule has 1 heterocycles. The van der Waals surface area contributed by atoms with Gasteiger partial charge in [0.2, 0.25) is 0 Å². The highest BCUT2D eigenvalue weighted by atomic mass is 32.2. The third kappa shape index (κ3) is 5.99. The molecule has 0 aliphatic carbocycles. The molecule has 0 unspecified atom stereocenters. The lowest BCUT2D eigenvalue weighted by Gasteiger charge is -2.12. The second-order valence-electron chi connectivity index (χ2n) is 6.54. The number of nitrogens with two attached hydrogens (primary N) is 1. The van der Waals surface area contributed by atoms with Crippen molar-refractivity contribution in [2.24, 2.45) is 5.73 Å². The summed E-state index contributed by atoms with van der Waals surface area (Å²) in [6, 6.07) is 14.3. The van der Waals surface area contributed by atoms with Gasteiger partial charge in [-0.3, -0.25) is 14.3 Å². The molecule has 32 heavy (non-hydrogen) atoms. The van der Waals surface area contributed by atoms with Crippen LogP contribution in [-0.4, -0.2) is 33.9 Å². The van der Waals surface area contributed by atoms with Crippen molar-refractivity contribution in [3.05, 3.63) is 71.1 Å². The standard InChI is InChI=1S/C21H21N3O6S2/c1-29-18-11-14(4-9-17(18)30-13-19(22)25)12-23-21(26)15-5-7-16(8-6-15)24-32(27,28)20-3-2-10-31-20/h2-11,24H,12-13H2,1H3,(H2,22,25)(H,23,26). The van der Waals surface area contributed by atoms with Gasteiger partial charge in [-0.2, -0.15) is 0 Å². The van der Waals surface area contributed by atoms with Crippen molar-refractivity contribution < 1.29 is 27.5 Å². The first kappa shape index (κ1) is 23.1. The van der Waals surface area contributed by atoms with Crippen LogP contribution in [0.2, 0.25) is 0 Å². The smallest absolute Gasteiger partial charge is 0.271 e. The molecule has 1 aromatic heterocycles. The zero-order valence-electron chi connectivity index (χ0n) is 17.0. The van der Waals surface area contributed by atoms with E-state index in [1.54, 1.807) is 29.6 Å². The molecule has 0 radical (unpaired) electrons. The van der Waals surface area contributed by atoms with Crippen molar-refractivity contribution in [2.45, 2.75) is 10.8 Å². The van der Waals surface area contributed by atoms with E-state index < -0.39 is 15.9 Å². The Labute approximate surface area is 189 Å². The molecule has 3 aromatic rings. The summed E-state index contributed by atoms with van der Waals surface area (Å²) in [6.07, 6.45) is 0. The molecule has 0 fully saturated rings. The lowest BCUT2D eigenvalue weighted by atomic mass is 10.1. The zero-order valence-corrected chi connectivity index (χ0v) is 18.7. The molecule has 0 spiro atoms. The molecule has 0 saturated heterocycles. The Bertz CT molecular complexity index is 1190. The first-order chi connectivity index (χ1) is 15.3. The Balaban J connectivity index is 1.60. The highest BCUT2D eigenvalue weighted by molar-refractivity contribution is 7.94. The number of amides is 2. The quantitative estimate of drug-likeness (QED) is 0.412. The zero-order chi connectivity index (χ0) is 23.1. The maximum Gasteiger partial charge on any atom is 0.271 e. The lowest BCUT2D eigenvalue weighted by molar-refractivity contribution is -0.119. The number of primary amides is 1. The van der Waals surface area contributed by atoms with Gasteiger partial charge in [0, 0.05) is 17.8 Å². The number of hydrogen-bond acceptors (Lipinski definition) is 7. The summed E-state index contributed by atoms with van der Waals surface area (Å²) in [4.78, 5) is 23.3. The van der Waals surface area contributed by atoms with E-state index in [9.17, 15) is 18.0 Å². The van der Waals surface area contributed by atoms with Gasteiger partial charge in [-0.25, -0.2) is 8.42 Å². The van der Waals surface area contributed by atoms with Crippen LogP contribution in [0.3, 0.4) is 0 Å². The predicted octanol–water partition coefficient (Wildman–Crippen LogP) is 2.35. The van der Waals surface area contributed by atoms with Gasteiger partial charge < -0.3 is 20.5 Å². The summed E-state index contributed by atoms with van der Waals surface area (Å²) >= 11 is 1.12. The number of rotatable bonds is 10. The molecule has 0 saturated carbocycles. The van der Waals surface area contributed by atoms with Gasteiger partial charge in [0.1, 0.15) is 4.21 Å². The van der Waals surface area contributed by atoms with Crippen LogP contribution in [-0.2, 0) is 21.4 Å². The van der Waals surface area contributed by atoms with Gasteiger partial charge in [-0.15, -0.1) is 11.3 Å². The van der Waals surface area contributed by atoms with Crippen LogP contribution in [0.1, 0.15) is 15.9 Å². The van der Waals surface area contributed by atoms with E-state index >= 15 is 0 Å². The minimum Gasteiger partial charge on any atom is -0.493 e. The SMILES string of the molecule is COc1cc(CNC(=O)c2ccc(NS(=O)(=O)c3cccs3)cc2)ccc1OCC(N)=O. The largest absolute Gasteiger partial charge is 0.493 e. The number of hydrogen-bond donors (Lipinski definition) is 3. The molecule has 0 atom stereocenters. The van der Waals surface area contributed by atoms with E-state index in [1.807, 2.05) is 0 Å². The van der Waals surface area contributed by atoms with Gasteiger partial charge in [0.05, 0.1) is 7.11 Å². The van der Waals surface area contributed by atoms with Gasteiger partial charge in [-0.05, 0) is 53.4 Å². The summed E-state index contributed by atoms with van der Waals surface area (Å²) in [5, 5.41) is 4.46. The summed E-state index contributed by atoms with van der Waals surface area (Å²) in [5.41, 5.74) is 6.55. The summed E-state index contributed by atoms with van der Waals surface area (Å²) in [6.45, 7) is -0.0516. The highest BCUT2D eigenvalue weighted by Gasteiger charge is 2.15. The maximum atomic E-state index is 12.4. The number of sulfonamides is 1. The third-order valence-electron chi connectivity index (χ3n) is 4.21. The normalized spacial score (nSPS) is 10.9. The number of nitrogens with one attached hydrogen (secondary N) is 2. The minimum absolute atomic E-state index is 0.209. The van der Waals surface area contributed by atoms with Crippen molar-refractivity contribution in [1.82, 2.24) is 5.32 Å². The van der Waals surface area contributed by atoms with Crippen molar-refractivity contribution in [3.63, 3.8) is 0 Å². The van der Waals surface area contributed by atoms with Crippen molar-refractivity contribution >= 4 is 38.9 Å². The number of carbonyl (C=O) groups excluding carboxylic acids is 2. The fourth-order valence-electron chi connectivity index (χ4n) is 2.69. The first-order valence-corrected chi connectivity index (χ1v) is 11.7. The molecular weight excluding hydrogens is 454 g/mol. The van der Waals surface area contributed by atoms with E-state index in [1.165, 1.54) is 37.4 Å². The number of carbonyl (C=O) groups is 2. The first-order valence-electron chi connectivity index (χ1n) is 9.31. The van der Waals surface area contributed by atoms with Crippen LogP contribution in [0, 0.1) is 0 Å². The Kier molecular flexibility index (Phi) is 7.33. The Morgan fingerprint density at radius 3 is 2.44 bits per heavy atom. The molecule has 9 nitrogen and oxygen atoms in total. The van der Waals surface area contributed by atoms with Crippen LogP contribution in [0.25, 0.3) is 0 Å². The van der Waals surface area contributed by atoms with Crippen LogP contribution >= 0.6 is 11.3 Å². The highest BCUT2D eigenvalue weighted by Crippen LogP contribution is 2.28. The number of methoxy groups -OCH3 is 1. The average Bonchev–Trinajstić information content (AvgIpc) is 3.32. The van der Waals surface area contributed by atoms with Crippen LogP contribution in [0.5, 0.6) is 11.5 Å². The Morgan fingerprint density at radius 2 is 1.81 bits per heavy atom. The lowest BCUT2D eigenvalue weighted by Crippen LogP contribution is -2.23. The molecule has 3 rings (SSSR count). The molecule has 4 N–H and O–H groups in total. The fraction of sp³-hybridized carbons (Fsp3) is 0.143. The Hall–Kier alpha value is -3.57. The molecule has 2 aromatic carbocycles. The molecule has 168 valence electrons. The van der Waals surface area contributed by atoms with Crippen molar-refractivity contribution in [1.29, 1.82) is 0 Å². The second-order valence-corrected chi connectivity index (χ2v) is 9.39. The summed E-state index contributed by atoms with van der Waals surface area (Å²) < 4.78 is 37.7. The van der Waals surface area contributed by atoms with Crippen molar-refractivity contribution in [2.75, 3.05) is 18.4 Å². The topological polar surface area (TPSA) is 137 Å². The number of thiophene rings is 1. The Morgan fingerprint density at radius 1 is 1.06 bits per heavy atom. The van der Waals surface area contributed by atoms with Crippen LogP contribution in [0.4, 0.5) is 5.69 Å².